The fourth-order valence-electron chi connectivity index (χ4n) is 2.49. The molecule has 0 fully saturated rings. The summed E-state index contributed by atoms with van der Waals surface area (Å²) in [5.41, 5.74) is 2.40. The Bertz CT molecular complexity index is 775. The number of hydrazone groups is 1. The van der Waals surface area contributed by atoms with Crippen LogP contribution in [0.15, 0.2) is 39.9 Å². The molecule has 24 heavy (non-hydrogen) atoms. The Hall–Kier alpha value is -2.21. The third-order valence-electron chi connectivity index (χ3n) is 3.87. The van der Waals surface area contributed by atoms with Crippen LogP contribution in [0.25, 0.3) is 6.08 Å². The summed E-state index contributed by atoms with van der Waals surface area (Å²) in [6.07, 6.45) is 3.52. The average molecular weight is 340 g/mol. The first-order valence-corrected chi connectivity index (χ1v) is 8.90. The molecule has 0 bridgehead atoms. The lowest BCUT2D eigenvalue weighted by molar-refractivity contribution is -0.114. The van der Waals surface area contributed by atoms with Gasteiger partial charge in [-0.15, -0.1) is 0 Å². The predicted molar refractivity (Wildman–Crippen MR) is 100 cm³/mol. The van der Waals surface area contributed by atoms with Crippen molar-refractivity contribution < 1.29 is 4.79 Å². The van der Waals surface area contributed by atoms with Crippen LogP contribution >= 0.6 is 11.8 Å². The zero-order chi connectivity index (χ0) is 17.3. The molecular formula is C18H20N4OS. The van der Waals surface area contributed by atoms with Gasteiger partial charge < -0.3 is 0 Å². The van der Waals surface area contributed by atoms with E-state index in [1.165, 1.54) is 22.3 Å². The lowest BCUT2D eigenvalue weighted by Gasteiger charge is -2.20. The number of nitrogens with zero attached hydrogens (tertiary/aromatic N) is 3. The van der Waals surface area contributed by atoms with E-state index in [0.717, 1.165) is 23.4 Å². The van der Waals surface area contributed by atoms with Gasteiger partial charge in [0.1, 0.15) is 5.04 Å². The van der Waals surface area contributed by atoms with Crippen LogP contribution in [0.1, 0.15) is 50.7 Å². The minimum absolute atomic E-state index is 0.0940. The number of hydrogen-bond acceptors (Lipinski definition) is 4. The van der Waals surface area contributed by atoms with E-state index in [1.807, 2.05) is 24.3 Å². The summed E-state index contributed by atoms with van der Waals surface area (Å²) in [5.74, 6) is 0.178. The molecule has 2 aliphatic rings. The highest BCUT2D eigenvalue weighted by atomic mass is 32.2. The van der Waals surface area contributed by atoms with Crippen molar-refractivity contribution in [3.8, 4) is 0 Å². The summed E-state index contributed by atoms with van der Waals surface area (Å²) < 4.78 is 0. The summed E-state index contributed by atoms with van der Waals surface area (Å²) >= 11 is 1.38. The standard InChI is InChI=1S/C18H20N4OS/c1-4-5-15-21-22-16(19)14(17(23)20-18(22)24-15)10-12-6-8-13(9-7-12)11(2)3/h6-11,19H,4-5H2,1-3H3/b14-10+,19-16?. The topological polar surface area (TPSA) is 68.9 Å². The maximum absolute atomic E-state index is 12.3. The molecular weight excluding hydrogens is 320 g/mol. The number of thioether (sulfide) groups is 1. The van der Waals surface area contributed by atoms with Crippen LogP contribution in [-0.2, 0) is 4.79 Å². The molecule has 1 N–H and O–H groups in total. The van der Waals surface area contributed by atoms with Crippen molar-refractivity contribution in [2.24, 2.45) is 10.1 Å². The van der Waals surface area contributed by atoms with E-state index in [2.05, 4.69) is 30.9 Å². The molecule has 0 saturated carbocycles. The van der Waals surface area contributed by atoms with Crippen LogP contribution < -0.4 is 0 Å². The average Bonchev–Trinajstić information content (AvgIpc) is 2.95. The molecule has 3 rings (SSSR count). The minimum atomic E-state index is -0.375. The van der Waals surface area contributed by atoms with Gasteiger partial charge in [0.25, 0.3) is 5.91 Å². The highest BCUT2D eigenvalue weighted by Crippen LogP contribution is 2.29. The number of amidine groups is 2. The fraction of sp³-hybridized carbons (Fsp3) is 0.333. The largest absolute Gasteiger partial charge is 0.283 e. The Labute approximate surface area is 146 Å². The SMILES string of the molecule is CCCC1=NN2C(=N)/C(=C\c3ccc(C(C)C)cc3)C(=O)N=C2S1. The summed E-state index contributed by atoms with van der Waals surface area (Å²) in [6, 6.07) is 8.02. The van der Waals surface area contributed by atoms with E-state index in [0.29, 0.717) is 11.1 Å². The van der Waals surface area contributed by atoms with Crippen molar-refractivity contribution in [3.05, 3.63) is 41.0 Å². The number of nitrogens with one attached hydrogen (secondary N) is 1. The van der Waals surface area contributed by atoms with E-state index in [-0.39, 0.29) is 17.3 Å². The quantitative estimate of drug-likeness (QED) is 0.834. The van der Waals surface area contributed by atoms with Crippen molar-refractivity contribution in [2.45, 2.75) is 39.5 Å². The summed E-state index contributed by atoms with van der Waals surface area (Å²) in [4.78, 5) is 16.4. The van der Waals surface area contributed by atoms with Gasteiger partial charge in [0, 0.05) is 0 Å². The number of aliphatic imine (C=N–C) groups is 1. The number of amides is 1. The van der Waals surface area contributed by atoms with Gasteiger partial charge in [0.2, 0.25) is 5.17 Å². The molecule has 0 radical (unpaired) electrons. The second-order valence-corrected chi connectivity index (χ2v) is 7.13. The van der Waals surface area contributed by atoms with Gasteiger partial charge >= 0.3 is 0 Å². The molecule has 0 atom stereocenters. The number of benzene rings is 1. The maximum atomic E-state index is 12.3. The van der Waals surface area contributed by atoms with Crippen molar-refractivity contribution in [1.82, 2.24) is 5.01 Å². The Morgan fingerprint density at radius 1 is 1.29 bits per heavy atom. The first kappa shape index (κ1) is 16.6. The Morgan fingerprint density at radius 3 is 2.62 bits per heavy atom. The van der Waals surface area contributed by atoms with Crippen LogP contribution in [0, 0.1) is 5.41 Å². The van der Waals surface area contributed by atoms with Crippen molar-refractivity contribution in [3.63, 3.8) is 0 Å². The van der Waals surface area contributed by atoms with Gasteiger partial charge in [-0.25, -0.2) is 0 Å². The second kappa shape index (κ2) is 6.73. The molecule has 0 unspecified atom stereocenters. The van der Waals surface area contributed by atoms with E-state index in [1.54, 1.807) is 6.08 Å². The number of rotatable bonds is 4. The molecule has 5 nitrogen and oxygen atoms in total. The van der Waals surface area contributed by atoms with Crippen LogP contribution in [0.5, 0.6) is 0 Å². The molecule has 0 aliphatic carbocycles. The zero-order valence-electron chi connectivity index (χ0n) is 14.0. The second-order valence-electron chi connectivity index (χ2n) is 6.09. The lowest BCUT2D eigenvalue weighted by Crippen LogP contribution is -2.35. The highest BCUT2D eigenvalue weighted by Gasteiger charge is 2.35. The van der Waals surface area contributed by atoms with Crippen molar-refractivity contribution in [2.75, 3.05) is 0 Å². The van der Waals surface area contributed by atoms with E-state index in [4.69, 9.17) is 5.41 Å². The van der Waals surface area contributed by atoms with Gasteiger partial charge in [-0.2, -0.15) is 15.1 Å². The Kier molecular flexibility index (Phi) is 4.66. The molecule has 2 aliphatic heterocycles. The molecule has 1 amide bonds. The molecule has 1 aromatic rings. The van der Waals surface area contributed by atoms with Crippen LogP contribution in [-0.4, -0.2) is 27.0 Å². The normalized spacial score (nSPS) is 19.0. The highest BCUT2D eigenvalue weighted by molar-refractivity contribution is 8.26. The van der Waals surface area contributed by atoms with E-state index in [9.17, 15) is 4.79 Å². The molecule has 0 spiro atoms. The number of hydrogen-bond donors (Lipinski definition) is 1. The first-order valence-electron chi connectivity index (χ1n) is 8.08. The molecule has 0 aromatic heterocycles. The summed E-state index contributed by atoms with van der Waals surface area (Å²) in [5, 5.41) is 15.6. The van der Waals surface area contributed by atoms with Crippen molar-refractivity contribution in [1.29, 1.82) is 5.41 Å². The first-order chi connectivity index (χ1) is 11.5. The fourth-order valence-corrected chi connectivity index (χ4v) is 3.48. The van der Waals surface area contributed by atoms with Crippen molar-refractivity contribution >= 4 is 39.8 Å². The van der Waals surface area contributed by atoms with E-state index >= 15 is 0 Å². The number of fused-ring (bicyclic) bond motifs is 1. The molecule has 2 heterocycles. The number of carbonyl (C=O) groups excluding carboxylic acids is 1. The van der Waals surface area contributed by atoms with Gasteiger partial charge in [-0.1, -0.05) is 45.0 Å². The molecule has 6 heteroatoms. The maximum Gasteiger partial charge on any atom is 0.283 e. The monoisotopic (exact) mass is 340 g/mol. The Morgan fingerprint density at radius 2 is 2.00 bits per heavy atom. The predicted octanol–water partition coefficient (Wildman–Crippen LogP) is 4.23. The summed E-state index contributed by atoms with van der Waals surface area (Å²) in [6.45, 7) is 6.35. The minimum Gasteiger partial charge on any atom is -0.282 e. The van der Waals surface area contributed by atoms with E-state index < -0.39 is 0 Å². The van der Waals surface area contributed by atoms with Crippen LogP contribution in [0.3, 0.4) is 0 Å². The van der Waals surface area contributed by atoms with Gasteiger partial charge in [-0.3, -0.25) is 10.2 Å². The smallest absolute Gasteiger partial charge is 0.282 e. The molecule has 0 saturated heterocycles. The number of carbonyl (C=O) groups is 1. The zero-order valence-corrected chi connectivity index (χ0v) is 14.9. The lowest BCUT2D eigenvalue weighted by atomic mass is 10.0. The van der Waals surface area contributed by atoms with Gasteiger partial charge in [0.15, 0.2) is 5.84 Å². The molecule has 124 valence electrons. The Balaban J connectivity index is 1.89. The van der Waals surface area contributed by atoms with Crippen LogP contribution in [0.4, 0.5) is 0 Å². The third-order valence-corrected chi connectivity index (χ3v) is 4.84. The molecule has 1 aromatic carbocycles. The van der Waals surface area contributed by atoms with Gasteiger partial charge in [-0.05, 0) is 47.7 Å². The van der Waals surface area contributed by atoms with Crippen LogP contribution in [0.2, 0.25) is 0 Å². The van der Waals surface area contributed by atoms with Gasteiger partial charge in [0.05, 0.1) is 5.57 Å². The summed E-state index contributed by atoms with van der Waals surface area (Å²) in [7, 11) is 0. The third kappa shape index (κ3) is 3.19.